The molecule has 2 saturated heterocycles. The molecule has 0 bridgehead atoms. The Bertz CT molecular complexity index is 402. The second-order valence-corrected chi connectivity index (χ2v) is 5.10. The van der Waals surface area contributed by atoms with Gasteiger partial charge in [-0.1, -0.05) is 0 Å². The molecule has 3 rings (SSSR count). The SMILES string of the molecule is NC1NC(F)NC2C1N=CN2C1OC(CO)C(O)C1O. The third-order valence-corrected chi connectivity index (χ3v) is 3.85. The number of hydrogen-bond acceptors (Lipinski definition) is 9. The van der Waals surface area contributed by atoms with Crippen LogP contribution >= 0.6 is 0 Å². The molecule has 0 aliphatic carbocycles. The lowest BCUT2D eigenvalue weighted by molar-refractivity contribution is -0.0936. The average molecular weight is 291 g/mol. The molecule has 8 unspecified atom stereocenters. The van der Waals surface area contributed by atoms with Crippen LogP contribution in [0.15, 0.2) is 4.99 Å². The summed E-state index contributed by atoms with van der Waals surface area (Å²) < 4.78 is 18.9. The molecule has 3 aliphatic rings. The molecule has 0 aromatic carbocycles. The maximum Gasteiger partial charge on any atom is 0.208 e. The molecule has 0 radical (unpaired) electrons. The first-order valence-corrected chi connectivity index (χ1v) is 6.38. The topological polar surface area (TPSA) is 136 Å². The van der Waals surface area contributed by atoms with Gasteiger partial charge in [0.1, 0.15) is 30.5 Å². The number of hydrogen-bond donors (Lipinski definition) is 6. The number of rotatable bonds is 2. The maximum absolute atomic E-state index is 13.5. The molecule has 0 spiro atoms. The molecule has 10 heteroatoms. The molecule has 7 N–H and O–H groups in total. The Morgan fingerprint density at radius 2 is 2.10 bits per heavy atom. The highest BCUT2D eigenvalue weighted by Gasteiger charge is 2.51. The van der Waals surface area contributed by atoms with Gasteiger partial charge in [-0.3, -0.25) is 15.6 Å². The molecule has 9 nitrogen and oxygen atoms in total. The first-order valence-electron chi connectivity index (χ1n) is 6.38. The Morgan fingerprint density at radius 3 is 2.75 bits per heavy atom. The Hall–Kier alpha value is -0.880. The molecule has 0 amide bonds. The third-order valence-electron chi connectivity index (χ3n) is 3.85. The van der Waals surface area contributed by atoms with Gasteiger partial charge in [0.2, 0.25) is 6.42 Å². The molecular formula is C10H18FN5O4. The van der Waals surface area contributed by atoms with Gasteiger partial charge in [0.05, 0.1) is 19.1 Å². The summed E-state index contributed by atoms with van der Waals surface area (Å²) in [7, 11) is 0. The fourth-order valence-corrected chi connectivity index (χ4v) is 2.77. The Labute approximate surface area is 114 Å². The minimum Gasteiger partial charge on any atom is -0.394 e. The fourth-order valence-electron chi connectivity index (χ4n) is 2.77. The van der Waals surface area contributed by atoms with E-state index in [9.17, 15) is 14.6 Å². The Morgan fingerprint density at radius 1 is 1.35 bits per heavy atom. The van der Waals surface area contributed by atoms with Crippen LogP contribution in [0.25, 0.3) is 0 Å². The van der Waals surface area contributed by atoms with Crippen molar-refractivity contribution in [2.75, 3.05) is 6.61 Å². The van der Waals surface area contributed by atoms with E-state index in [2.05, 4.69) is 15.6 Å². The number of nitrogens with zero attached hydrogens (tertiary/aromatic N) is 2. The van der Waals surface area contributed by atoms with Crippen molar-refractivity contribution in [2.24, 2.45) is 10.7 Å². The van der Waals surface area contributed by atoms with Crippen molar-refractivity contribution in [3.8, 4) is 0 Å². The molecule has 3 aliphatic heterocycles. The molecule has 114 valence electrons. The lowest BCUT2D eigenvalue weighted by atomic mass is 10.1. The average Bonchev–Trinajstić information content (AvgIpc) is 2.93. The number of alkyl halides is 1. The van der Waals surface area contributed by atoms with Gasteiger partial charge in [0.15, 0.2) is 6.23 Å². The number of nitrogens with two attached hydrogens (primary N) is 1. The summed E-state index contributed by atoms with van der Waals surface area (Å²) in [6.07, 6.45) is -5.63. The number of ether oxygens (including phenoxy) is 1. The summed E-state index contributed by atoms with van der Waals surface area (Å²) in [6.45, 7) is -0.423. The smallest absolute Gasteiger partial charge is 0.208 e. The standard InChI is InChI=1S/C10H18FN5O4/c11-10-14-7(12)4-8(15-10)16(2-13-4)9-6(19)5(18)3(1-17)20-9/h2-10,14-15,17-19H,1,12H2. The normalized spacial score (nSPS) is 51.5. The lowest BCUT2D eigenvalue weighted by Gasteiger charge is -2.40. The van der Waals surface area contributed by atoms with Gasteiger partial charge in [-0.15, -0.1) is 0 Å². The Kier molecular flexibility index (Phi) is 3.62. The van der Waals surface area contributed by atoms with E-state index in [1.807, 2.05) is 0 Å². The Balaban J connectivity index is 1.76. The number of aliphatic hydroxyl groups is 3. The van der Waals surface area contributed by atoms with Gasteiger partial charge in [-0.25, -0.2) is 4.39 Å². The van der Waals surface area contributed by atoms with E-state index in [1.165, 1.54) is 11.2 Å². The van der Waals surface area contributed by atoms with Crippen LogP contribution in [-0.4, -0.2) is 82.5 Å². The van der Waals surface area contributed by atoms with E-state index in [0.29, 0.717) is 0 Å². The monoisotopic (exact) mass is 291 g/mol. The van der Waals surface area contributed by atoms with Gasteiger partial charge >= 0.3 is 0 Å². The van der Waals surface area contributed by atoms with Crippen LogP contribution in [0.4, 0.5) is 4.39 Å². The zero-order chi connectivity index (χ0) is 14.4. The molecule has 0 aromatic rings. The van der Waals surface area contributed by atoms with Crippen molar-refractivity contribution >= 4 is 6.34 Å². The van der Waals surface area contributed by atoms with E-state index < -0.39 is 55.9 Å². The number of halogens is 1. The van der Waals surface area contributed by atoms with Crippen LogP contribution < -0.4 is 16.4 Å². The second kappa shape index (κ2) is 5.15. The van der Waals surface area contributed by atoms with Crippen LogP contribution in [-0.2, 0) is 4.74 Å². The first-order chi connectivity index (χ1) is 9.52. The lowest BCUT2D eigenvalue weighted by Crippen LogP contribution is -2.70. The van der Waals surface area contributed by atoms with Crippen molar-refractivity contribution in [1.29, 1.82) is 0 Å². The molecular weight excluding hydrogens is 273 g/mol. The predicted molar refractivity (Wildman–Crippen MR) is 64.8 cm³/mol. The summed E-state index contributed by atoms with van der Waals surface area (Å²) in [5.41, 5.74) is 5.76. The maximum atomic E-state index is 13.5. The van der Waals surface area contributed by atoms with Crippen molar-refractivity contribution in [3.63, 3.8) is 0 Å². The summed E-state index contributed by atoms with van der Waals surface area (Å²) in [6, 6.07) is -0.442. The molecule has 3 heterocycles. The van der Waals surface area contributed by atoms with E-state index in [-0.39, 0.29) is 0 Å². The van der Waals surface area contributed by atoms with Gasteiger partial charge in [-0.2, -0.15) is 0 Å². The molecule has 20 heavy (non-hydrogen) atoms. The fraction of sp³-hybridized carbons (Fsp3) is 0.900. The van der Waals surface area contributed by atoms with Crippen LogP contribution in [0.1, 0.15) is 0 Å². The molecule has 2 fully saturated rings. The summed E-state index contributed by atoms with van der Waals surface area (Å²) in [5, 5.41) is 33.9. The van der Waals surface area contributed by atoms with Gasteiger partial charge < -0.3 is 30.7 Å². The zero-order valence-corrected chi connectivity index (χ0v) is 10.5. The van der Waals surface area contributed by atoms with Crippen molar-refractivity contribution < 1.29 is 24.4 Å². The largest absolute Gasteiger partial charge is 0.394 e. The summed E-state index contributed by atoms with van der Waals surface area (Å²) in [5.74, 6) is 0. The highest BCUT2D eigenvalue weighted by atomic mass is 19.1. The van der Waals surface area contributed by atoms with Gasteiger partial charge in [0, 0.05) is 0 Å². The van der Waals surface area contributed by atoms with Crippen molar-refractivity contribution in [2.45, 2.75) is 49.3 Å². The summed E-state index contributed by atoms with van der Waals surface area (Å²) >= 11 is 0. The number of nitrogens with one attached hydrogen (secondary N) is 2. The van der Waals surface area contributed by atoms with Crippen molar-refractivity contribution in [1.82, 2.24) is 15.5 Å². The quantitative estimate of drug-likeness (QED) is 0.285. The van der Waals surface area contributed by atoms with Crippen LogP contribution in [0.3, 0.4) is 0 Å². The third kappa shape index (κ3) is 2.09. The predicted octanol–water partition coefficient (Wildman–Crippen LogP) is -3.81. The number of aliphatic imine (C=N–C) groups is 1. The van der Waals surface area contributed by atoms with Gasteiger partial charge in [0.25, 0.3) is 0 Å². The highest BCUT2D eigenvalue weighted by molar-refractivity contribution is 5.60. The second-order valence-electron chi connectivity index (χ2n) is 5.10. The van der Waals surface area contributed by atoms with Crippen LogP contribution in [0.2, 0.25) is 0 Å². The first kappa shape index (κ1) is 14.1. The minimum absolute atomic E-state index is 0.423. The van der Waals surface area contributed by atoms with Crippen LogP contribution in [0.5, 0.6) is 0 Å². The zero-order valence-electron chi connectivity index (χ0n) is 10.5. The number of aliphatic hydroxyl groups excluding tert-OH is 3. The minimum atomic E-state index is -1.51. The molecule has 8 atom stereocenters. The van der Waals surface area contributed by atoms with E-state index in [1.54, 1.807) is 0 Å². The summed E-state index contributed by atoms with van der Waals surface area (Å²) in [4.78, 5) is 5.63. The van der Waals surface area contributed by atoms with E-state index >= 15 is 0 Å². The van der Waals surface area contributed by atoms with Gasteiger partial charge in [-0.05, 0) is 0 Å². The van der Waals surface area contributed by atoms with Crippen molar-refractivity contribution in [3.05, 3.63) is 0 Å². The van der Waals surface area contributed by atoms with E-state index in [4.69, 9.17) is 15.6 Å². The van der Waals surface area contributed by atoms with Crippen LogP contribution in [0, 0.1) is 0 Å². The number of fused-ring (bicyclic) bond motifs is 1. The molecule has 0 aromatic heterocycles. The highest BCUT2D eigenvalue weighted by Crippen LogP contribution is 2.28. The van der Waals surface area contributed by atoms with E-state index in [0.717, 1.165) is 0 Å². The molecule has 0 saturated carbocycles.